The van der Waals surface area contributed by atoms with E-state index in [4.69, 9.17) is 16.3 Å². The van der Waals surface area contributed by atoms with Crippen LogP contribution in [0.25, 0.3) is 11.3 Å². The minimum atomic E-state index is -4.73. The fraction of sp³-hybridized carbons (Fsp3) is 0.350. The Kier molecular flexibility index (Phi) is 5.83. The molecule has 33 heavy (non-hydrogen) atoms. The lowest BCUT2D eigenvalue weighted by atomic mass is 10.1. The number of halogens is 5. The molecule has 1 aromatic carbocycles. The molecule has 3 N–H and O–H groups in total. The molecular formula is C20H18ClF4N5O3. The van der Waals surface area contributed by atoms with Gasteiger partial charge in [0.05, 0.1) is 17.0 Å². The Morgan fingerprint density at radius 2 is 2.15 bits per heavy atom. The lowest BCUT2D eigenvalue weighted by Crippen LogP contribution is -2.32. The summed E-state index contributed by atoms with van der Waals surface area (Å²) in [7, 11) is 0. The van der Waals surface area contributed by atoms with Crippen molar-refractivity contribution in [1.82, 2.24) is 19.7 Å². The molecule has 0 radical (unpaired) electrons. The fourth-order valence-electron chi connectivity index (χ4n) is 3.40. The van der Waals surface area contributed by atoms with Crippen molar-refractivity contribution in [1.29, 1.82) is 0 Å². The van der Waals surface area contributed by atoms with Crippen LogP contribution < -0.4 is 10.1 Å². The second-order valence-electron chi connectivity index (χ2n) is 7.58. The summed E-state index contributed by atoms with van der Waals surface area (Å²) < 4.78 is 61.2. The Labute approximate surface area is 189 Å². The highest BCUT2D eigenvalue weighted by molar-refractivity contribution is 6.33. The number of aliphatic hydroxyl groups excluding tert-OH is 1. The predicted octanol–water partition coefficient (Wildman–Crippen LogP) is 4.39. The van der Waals surface area contributed by atoms with Crippen LogP contribution >= 0.6 is 11.6 Å². The van der Waals surface area contributed by atoms with Crippen molar-refractivity contribution in [3.05, 3.63) is 46.4 Å². The molecule has 176 valence electrons. The van der Waals surface area contributed by atoms with Gasteiger partial charge in [-0.25, -0.2) is 9.37 Å². The zero-order chi connectivity index (χ0) is 24.1. The molecule has 4 rings (SSSR count). The SMILES string of the molecule is Cc1[nH]nc(Cl)c1NC(=O)c1cc(F)c(-c2cn3c(n2)[C@H](O)CC3)cc1O[C@@H](C)C(F)(F)F. The van der Waals surface area contributed by atoms with Crippen LogP contribution in [0.4, 0.5) is 23.2 Å². The molecule has 2 aromatic heterocycles. The molecule has 1 aliphatic rings. The number of carbonyl (C=O) groups excluding carboxylic acids is 1. The molecule has 1 amide bonds. The average Bonchev–Trinajstić information content (AvgIpc) is 3.40. The second kappa shape index (κ2) is 8.34. The minimum absolute atomic E-state index is 0.0739. The third kappa shape index (κ3) is 4.40. The van der Waals surface area contributed by atoms with Gasteiger partial charge in [0.15, 0.2) is 11.3 Å². The highest BCUT2D eigenvalue weighted by Crippen LogP contribution is 2.36. The van der Waals surface area contributed by atoms with Crippen LogP contribution in [0.3, 0.4) is 0 Å². The zero-order valence-electron chi connectivity index (χ0n) is 17.3. The van der Waals surface area contributed by atoms with Gasteiger partial charge in [-0.2, -0.15) is 18.3 Å². The molecule has 2 atom stereocenters. The first-order valence-corrected chi connectivity index (χ1v) is 10.2. The molecule has 0 spiro atoms. The van der Waals surface area contributed by atoms with Gasteiger partial charge < -0.3 is 19.7 Å². The van der Waals surface area contributed by atoms with E-state index in [2.05, 4.69) is 20.5 Å². The van der Waals surface area contributed by atoms with E-state index < -0.39 is 41.4 Å². The van der Waals surface area contributed by atoms with Gasteiger partial charge in [-0.15, -0.1) is 0 Å². The number of aliphatic hydroxyl groups is 1. The summed E-state index contributed by atoms with van der Waals surface area (Å²) in [4.78, 5) is 17.0. The van der Waals surface area contributed by atoms with E-state index in [1.54, 1.807) is 11.5 Å². The molecule has 0 bridgehead atoms. The Morgan fingerprint density at radius 3 is 2.76 bits per heavy atom. The van der Waals surface area contributed by atoms with Crippen molar-refractivity contribution in [3.63, 3.8) is 0 Å². The zero-order valence-corrected chi connectivity index (χ0v) is 18.1. The largest absolute Gasteiger partial charge is 0.480 e. The van der Waals surface area contributed by atoms with E-state index in [1.807, 2.05) is 0 Å². The first kappa shape index (κ1) is 23.1. The molecule has 1 aliphatic heterocycles. The van der Waals surface area contributed by atoms with Gasteiger partial charge in [-0.3, -0.25) is 9.89 Å². The molecule has 3 heterocycles. The van der Waals surface area contributed by atoms with Crippen LogP contribution in [0.1, 0.15) is 41.3 Å². The monoisotopic (exact) mass is 487 g/mol. The number of aryl methyl sites for hydroxylation is 2. The number of benzene rings is 1. The van der Waals surface area contributed by atoms with E-state index in [-0.39, 0.29) is 22.1 Å². The number of anilines is 1. The summed E-state index contributed by atoms with van der Waals surface area (Å²) in [6.45, 7) is 2.79. The maximum Gasteiger partial charge on any atom is 0.425 e. The number of imidazole rings is 1. The van der Waals surface area contributed by atoms with Gasteiger partial charge in [-0.1, -0.05) is 11.6 Å². The summed E-state index contributed by atoms with van der Waals surface area (Å²) in [5, 5.41) is 18.5. The van der Waals surface area contributed by atoms with Crippen molar-refractivity contribution in [3.8, 4) is 17.0 Å². The lowest BCUT2D eigenvalue weighted by Gasteiger charge is -2.20. The molecule has 0 unspecified atom stereocenters. The van der Waals surface area contributed by atoms with Gasteiger partial charge >= 0.3 is 6.18 Å². The average molecular weight is 488 g/mol. The summed E-state index contributed by atoms with van der Waals surface area (Å²) in [6.07, 6.45) is -5.90. The van der Waals surface area contributed by atoms with E-state index in [0.717, 1.165) is 19.1 Å². The van der Waals surface area contributed by atoms with Gasteiger partial charge in [-0.05, 0) is 32.4 Å². The van der Waals surface area contributed by atoms with Crippen molar-refractivity contribution in [2.45, 2.75) is 45.2 Å². The Morgan fingerprint density at radius 1 is 1.42 bits per heavy atom. The van der Waals surface area contributed by atoms with Crippen LogP contribution in [0.15, 0.2) is 18.3 Å². The van der Waals surface area contributed by atoms with Crippen LogP contribution in [0, 0.1) is 12.7 Å². The maximum absolute atomic E-state index is 15.0. The first-order chi connectivity index (χ1) is 15.5. The maximum atomic E-state index is 15.0. The number of amides is 1. The first-order valence-electron chi connectivity index (χ1n) is 9.80. The van der Waals surface area contributed by atoms with E-state index >= 15 is 4.39 Å². The standard InChI is InChI=1S/C20H18ClF4N5O3/c1-8-16(17(21)29-28-8)27-19(32)11-5-12(22)10(6-15(11)33-9(2)20(23,24)25)13-7-30-4-3-14(31)18(30)26-13/h5-7,9,14,31H,3-4H2,1-2H3,(H,27,32)(H,28,29)/t9-,14+/m0/s1. The quantitative estimate of drug-likeness (QED) is 0.463. The predicted molar refractivity (Wildman–Crippen MR) is 110 cm³/mol. The second-order valence-corrected chi connectivity index (χ2v) is 7.94. The van der Waals surface area contributed by atoms with Crippen LogP contribution in [0.5, 0.6) is 5.75 Å². The topological polar surface area (TPSA) is 105 Å². The number of fused-ring (bicyclic) bond motifs is 1. The smallest absolute Gasteiger partial charge is 0.425 e. The van der Waals surface area contributed by atoms with Gasteiger partial charge in [0.2, 0.25) is 0 Å². The van der Waals surface area contributed by atoms with Crippen molar-refractivity contribution in [2.24, 2.45) is 0 Å². The van der Waals surface area contributed by atoms with Gasteiger partial charge in [0, 0.05) is 18.3 Å². The summed E-state index contributed by atoms with van der Waals surface area (Å²) >= 11 is 5.90. The number of nitrogens with one attached hydrogen (secondary N) is 2. The normalized spacial score (nSPS) is 16.5. The van der Waals surface area contributed by atoms with E-state index in [0.29, 0.717) is 24.5 Å². The van der Waals surface area contributed by atoms with Crippen molar-refractivity contribution < 1.29 is 32.2 Å². The molecular weight excluding hydrogens is 470 g/mol. The number of carbonyl (C=O) groups is 1. The lowest BCUT2D eigenvalue weighted by molar-refractivity contribution is -0.189. The Bertz CT molecular complexity index is 1200. The summed E-state index contributed by atoms with van der Waals surface area (Å²) in [6, 6.07) is 1.76. The molecule has 0 saturated carbocycles. The summed E-state index contributed by atoms with van der Waals surface area (Å²) in [5.74, 6) is -2.03. The van der Waals surface area contributed by atoms with Crippen LogP contribution in [-0.4, -0.2) is 43.0 Å². The van der Waals surface area contributed by atoms with Crippen LogP contribution in [-0.2, 0) is 6.54 Å². The highest BCUT2D eigenvalue weighted by atomic mass is 35.5. The Hall–Kier alpha value is -3.12. The third-order valence-corrected chi connectivity index (χ3v) is 5.52. The molecule has 0 aliphatic carbocycles. The summed E-state index contributed by atoms with van der Waals surface area (Å²) in [5.41, 5.74) is -0.0760. The third-order valence-electron chi connectivity index (χ3n) is 5.25. The van der Waals surface area contributed by atoms with E-state index in [9.17, 15) is 23.1 Å². The Balaban J connectivity index is 1.76. The van der Waals surface area contributed by atoms with Gasteiger partial charge in [0.1, 0.15) is 29.2 Å². The van der Waals surface area contributed by atoms with Crippen molar-refractivity contribution in [2.75, 3.05) is 5.32 Å². The fourth-order valence-corrected chi connectivity index (χ4v) is 3.63. The van der Waals surface area contributed by atoms with Crippen molar-refractivity contribution >= 4 is 23.2 Å². The number of hydrogen-bond acceptors (Lipinski definition) is 5. The van der Waals surface area contributed by atoms with E-state index in [1.165, 1.54) is 6.20 Å². The number of hydrogen-bond donors (Lipinski definition) is 3. The number of H-pyrrole nitrogens is 1. The highest BCUT2D eigenvalue weighted by Gasteiger charge is 2.39. The van der Waals surface area contributed by atoms with Crippen LogP contribution in [0.2, 0.25) is 5.15 Å². The molecule has 13 heteroatoms. The molecule has 3 aromatic rings. The number of aromatic nitrogens is 4. The number of alkyl halides is 3. The van der Waals surface area contributed by atoms with Gasteiger partial charge in [0.25, 0.3) is 5.91 Å². The number of rotatable bonds is 5. The molecule has 0 fully saturated rings. The minimum Gasteiger partial charge on any atom is -0.480 e. The molecule has 8 nitrogen and oxygen atoms in total. The number of nitrogens with zero attached hydrogens (tertiary/aromatic N) is 3. The number of ether oxygens (including phenoxy) is 1. The number of aromatic amines is 1. The molecule has 0 saturated heterocycles.